The van der Waals surface area contributed by atoms with Crippen LogP contribution in [0.15, 0.2) is 10.6 Å². The smallest absolute Gasteiger partial charge is 0.259 e. The highest BCUT2D eigenvalue weighted by molar-refractivity contribution is 6.06. The highest BCUT2D eigenvalue weighted by Gasteiger charge is 2.42. The molecule has 3 N–H and O–H groups in total. The molecule has 2 aromatic rings. The first-order valence-electron chi connectivity index (χ1n) is 8.15. The lowest BCUT2D eigenvalue weighted by Crippen LogP contribution is -2.53. The van der Waals surface area contributed by atoms with Crippen LogP contribution in [0, 0.1) is 12.8 Å². The average molecular weight is 316 g/mol. The third-order valence-corrected chi connectivity index (χ3v) is 4.77. The zero-order valence-corrected chi connectivity index (χ0v) is 14.1. The van der Waals surface area contributed by atoms with Crippen LogP contribution < -0.4 is 11.1 Å². The first-order chi connectivity index (χ1) is 10.9. The van der Waals surface area contributed by atoms with Gasteiger partial charge in [-0.15, -0.1) is 0 Å². The van der Waals surface area contributed by atoms with Crippen molar-refractivity contribution < 1.29 is 9.32 Å². The average Bonchev–Trinajstić information content (AvgIpc) is 3.31. The predicted octanol–water partition coefficient (Wildman–Crippen LogP) is 2.51. The molecule has 2 heterocycles. The number of nitrogens with one attached hydrogen (secondary N) is 1. The van der Waals surface area contributed by atoms with Crippen LogP contribution in [0.1, 0.15) is 61.3 Å². The summed E-state index contributed by atoms with van der Waals surface area (Å²) in [7, 11) is 0. The second-order valence-electron chi connectivity index (χ2n) is 7.05. The minimum atomic E-state index is -0.365. The van der Waals surface area contributed by atoms with Crippen molar-refractivity contribution in [3.63, 3.8) is 0 Å². The summed E-state index contributed by atoms with van der Waals surface area (Å²) in [6, 6.07) is 1.84. The molecule has 1 atom stereocenters. The number of hydrogen-bond acceptors (Lipinski definition) is 5. The highest BCUT2D eigenvalue weighted by Crippen LogP contribution is 2.39. The molecule has 1 aliphatic rings. The maximum Gasteiger partial charge on any atom is 0.259 e. The largest absolute Gasteiger partial charge is 0.345 e. The Hall–Kier alpha value is -1.95. The van der Waals surface area contributed by atoms with E-state index >= 15 is 0 Å². The number of fused-ring (bicyclic) bond motifs is 1. The SMILES string of the molecule is Cc1noc2nc(C(C)C)cc(C(=O)NC(C)(CN)C3CC3)c12. The molecule has 0 radical (unpaired) electrons. The van der Waals surface area contributed by atoms with Crippen molar-refractivity contribution in [3.05, 3.63) is 23.0 Å². The molecule has 3 rings (SSSR count). The lowest BCUT2D eigenvalue weighted by atomic mass is 9.94. The Morgan fingerprint density at radius 1 is 1.52 bits per heavy atom. The van der Waals surface area contributed by atoms with Crippen LogP contribution in [0.25, 0.3) is 11.1 Å². The van der Waals surface area contributed by atoms with Crippen LogP contribution in [0.3, 0.4) is 0 Å². The summed E-state index contributed by atoms with van der Waals surface area (Å²) < 4.78 is 5.28. The quantitative estimate of drug-likeness (QED) is 0.884. The lowest BCUT2D eigenvalue weighted by Gasteiger charge is -2.29. The van der Waals surface area contributed by atoms with Gasteiger partial charge in [-0.1, -0.05) is 19.0 Å². The van der Waals surface area contributed by atoms with Gasteiger partial charge in [0.05, 0.1) is 22.2 Å². The molecule has 6 nitrogen and oxygen atoms in total. The van der Waals surface area contributed by atoms with Crippen molar-refractivity contribution in [3.8, 4) is 0 Å². The molecule has 0 aliphatic heterocycles. The first kappa shape index (κ1) is 15.9. The van der Waals surface area contributed by atoms with Gasteiger partial charge in [-0.3, -0.25) is 4.79 Å². The Morgan fingerprint density at radius 3 is 2.78 bits per heavy atom. The number of pyridine rings is 1. The summed E-state index contributed by atoms with van der Waals surface area (Å²) in [6.45, 7) is 8.34. The first-order valence-corrected chi connectivity index (χ1v) is 8.15. The van der Waals surface area contributed by atoms with Crippen LogP contribution in [-0.4, -0.2) is 28.1 Å². The molecule has 0 spiro atoms. The van der Waals surface area contributed by atoms with Gasteiger partial charge in [0, 0.05) is 12.2 Å². The number of carbonyl (C=O) groups excluding carboxylic acids is 1. The maximum absolute atomic E-state index is 12.9. The van der Waals surface area contributed by atoms with Gasteiger partial charge in [-0.05, 0) is 44.6 Å². The summed E-state index contributed by atoms with van der Waals surface area (Å²) in [5.74, 6) is 0.521. The van der Waals surface area contributed by atoms with Crippen molar-refractivity contribution in [2.24, 2.45) is 11.7 Å². The molecule has 1 amide bonds. The molecule has 1 fully saturated rings. The number of amides is 1. The molecular formula is C17H24N4O2. The molecule has 124 valence electrons. The molecule has 23 heavy (non-hydrogen) atoms. The highest BCUT2D eigenvalue weighted by atomic mass is 16.5. The van der Waals surface area contributed by atoms with Gasteiger partial charge in [0.15, 0.2) is 0 Å². The molecule has 2 aromatic heterocycles. The van der Waals surface area contributed by atoms with Crippen LogP contribution in [0.4, 0.5) is 0 Å². The monoisotopic (exact) mass is 316 g/mol. The van der Waals surface area contributed by atoms with E-state index in [0.717, 1.165) is 18.5 Å². The number of nitrogens with two attached hydrogens (primary N) is 1. The zero-order chi connectivity index (χ0) is 16.8. The van der Waals surface area contributed by atoms with Crippen molar-refractivity contribution in [2.45, 2.75) is 52.0 Å². The standard InChI is InChI=1S/C17H24N4O2/c1-9(2)13-7-12(14-10(3)21-23-16(14)19-13)15(22)20-17(4,8-18)11-5-6-11/h7,9,11H,5-6,8,18H2,1-4H3,(H,20,22). The Bertz CT molecular complexity index is 748. The van der Waals surface area contributed by atoms with E-state index in [9.17, 15) is 4.79 Å². The van der Waals surface area contributed by atoms with E-state index in [0.29, 0.717) is 34.8 Å². The van der Waals surface area contributed by atoms with Gasteiger partial charge in [-0.2, -0.15) is 0 Å². The molecular weight excluding hydrogens is 292 g/mol. The predicted molar refractivity (Wildman–Crippen MR) is 88.3 cm³/mol. The van der Waals surface area contributed by atoms with Crippen LogP contribution in [0.2, 0.25) is 0 Å². The van der Waals surface area contributed by atoms with E-state index in [2.05, 4.69) is 15.5 Å². The molecule has 0 bridgehead atoms. The molecule has 0 saturated heterocycles. The number of nitrogens with zero attached hydrogens (tertiary/aromatic N) is 2. The number of carbonyl (C=O) groups is 1. The summed E-state index contributed by atoms with van der Waals surface area (Å²) >= 11 is 0. The summed E-state index contributed by atoms with van der Waals surface area (Å²) in [5, 5.41) is 7.78. The molecule has 1 aliphatic carbocycles. The van der Waals surface area contributed by atoms with Crippen molar-refractivity contribution in [1.82, 2.24) is 15.5 Å². The van der Waals surface area contributed by atoms with Gasteiger partial charge in [0.2, 0.25) is 0 Å². The van der Waals surface area contributed by atoms with E-state index < -0.39 is 0 Å². The second-order valence-corrected chi connectivity index (χ2v) is 7.05. The van der Waals surface area contributed by atoms with Gasteiger partial charge >= 0.3 is 0 Å². The van der Waals surface area contributed by atoms with Crippen molar-refractivity contribution in [2.75, 3.05) is 6.54 Å². The number of aromatic nitrogens is 2. The normalized spacial score (nSPS) is 17.5. The topological polar surface area (TPSA) is 94.0 Å². The van der Waals surface area contributed by atoms with Crippen LogP contribution in [0.5, 0.6) is 0 Å². The minimum absolute atomic E-state index is 0.134. The Morgan fingerprint density at radius 2 is 2.22 bits per heavy atom. The summed E-state index contributed by atoms with van der Waals surface area (Å²) in [4.78, 5) is 17.4. The minimum Gasteiger partial charge on any atom is -0.345 e. The van der Waals surface area contributed by atoms with Gasteiger partial charge < -0.3 is 15.6 Å². The molecule has 0 aromatic carbocycles. The summed E-state index contributed by atoms with van der Waals surface area (Å²) in [6.07, 6.45) is 2.23. The Labute approximate surface area is 135 Å². The number of rotatable bonds is 5. The number of hydrogen-bond donors (Lipinski definition) is 2. The van der Waals surface area contributed by atoms with Gasteiger partial charge in [-0.25, -0.2) is 4.98 Å². The fourth-order valence-electron chi connectivity index (χ4n) is 2.96. The fourth-order valence-corrected chi connectivity index (χ4v) is 2.96. The van der Waals surface area contributed by atoms with E-state index in [1.165, 1.54) is 0 Å². The van der Waals surface area contributed by atoms with Gasteiger partial charge in [0.1, 0.15) is 0 Å². The molecule has 1 unspecified atom stereocenters. The van der Waals surface area contributed by atoms with Crippen molar-refractivity contribution >= 4 is 17.0 Å². The zero-order valence-electron chi connectivity index (χ0n) is 14.1. The van der Waals surface area contributed by atoms with Crippen LogP contribution in [-0.2, 0) is 0 Å². The third kappa shape index (κ3) is 2.83. The van der Waals surface area contributed by atoms with Crippen LogP contribution >= 0.6 is 0 Å². The summed E-state index contributed by atoms with van der Waals surface area (Å²) in [5.41, 5.74) is 8.03. The fraction of sp³-hybridized carbons (Fsp3) is 0.588. The Balaban J connectivity index is 2.03. The maximum atomic E-state index is 12.9. The molecule has 1 saturated carbocycles. The Kier molecular flexibility index (Phi) is 3.88. The van der Waals surface area contributed by atoms with E-state index in [4.69, 9.17) is 10.3 Å². The van der Waals surface area contributed by atoms with E-state index in [1.54, 1.807) is 0 Å². The second kappa shape index (κ2) is 5.60. The van der Waals surface area contributed by atoms with Crippen molar-refractivity contribution in [1.29, 1.82) is 0 Å². The molecule has 6 heteroatoms. The lowest BCUT2D eigenvalue weighted by molar-refractivity contribution is 0.0899. The van der Waals surface area contributed by atoms with E-state index in [1.807, 2.05) is 33.8 Å². The van der Waals surface area contributed by atoms with Gasteiger partial charge in [0.25, 0.3) is 11.6 Å². The third-order valence-electron chi connectivity index (χ3n) is 4.77. The number of aryl methyl sites for hydroxylation is 1. The van der Waals surface area contributed by atoms with E-state index in [-0.39, 0.29) is 17.4 Å².